The Hall–Kier alpha value is -3.03. The SMILES string of the molecule is COc1ccc(CCNC(=O)c2ccc(Cl)c(S(=O)(=O)N3CCc4ccccc43)c2)cc1. The van der Waals surface area contributed by atoms with E-state index in [1.54, 1.807) is 19.2 Å². The van der Waals surface area contributed by atoms with Gasteiger partial charge in [-0.15, -0.1) is 0 Å². The Morgan fingerprint density at radius 2 is 1.84 bits per heavy atom. The summed E-state index contributed by atoms with van der Waals surface area (Å²) in [7, 11) is -2.29. The number of para-hydroxylation sites is 1. The summed E-state index contributed by atoms with van der Waals surface area (Å²) in [5.41, 5.74) is 2.92. The number of carbonyl (C=O) groups excluding carboxylic acids is 1. The molecule has 6 nitrogen and oxygen atoms in total. The Morgan fingerprint density at radius 3 is 2.59 bits per heavy atom. The lowest BCUT2D eigenvalue weighted by molar-refractivity contribution is 0.0954. The molecule has 3 aromatic carbocycles. The number of benzene rings is 3. The molecule has 1 aliphatic heterocycles. The van der Waals surface area contributed by atoms with Crippen LogP contribution in [0.1, 0.15) is 21.5 Å². The van der Waals surface area contributed by atoms with Gasteiger partial charge >= 0.3 is 0 Å². The van der Waals surface area contributed by atoms with Crippen molar-refractivity contribution >= 4 is 33.2 Å². The van der Waals surface area contributed by atoms with Crippen molar-refractivity contribution in [2.45, 2.75) is 17.7 Å². The first kappa shape index (κ1) is 22.2. The zero-order valence-corrected chi connectivity index (χ0v) is 19.1. The Bertz CT molecular complexity index is 1240. The fourth-order valence-corrected chi connectivity index (χ4v) is 5.74. The van der Waals surface area contributed by atoms with E-state index in [2.05, 4.69) is 5.32 Å². The molecule has 1 heterocycles. The Kier molecular flexibility index (Phi) is 6.39. The highest BCUT2D eigenvalue weighted by atomic mass is 35.5. The number of hydrogen-bond acceptors (Lipinski definition) is 4. The molecule has 0 aliphatic carbocycles. The fourth-order valence-electron chi connectivity index (χ4n) is 3.73. The minimum Gasteiger partial charge on any atom is -0.497 e. The van der Waals surface area contributed by atoms with Crippen LogP contribution in [0.2, 0.25) is 5.02 Å². The molecule has 1 aliphatic rings. The monoisotopic (exact) mass is 470 g/mol. The van der Waals surface area contributed by atoms with E-state index in [9.17, 15) is 13.2 Å². The van der Waals surface area contributed by atoms with Crippen molar-refractivity contribution in [3.8, 4) is 5.75 Å². The first-order valence-electron chi connectivity index (χ1n) is 10.2. The van der Waals surface area contributed by atoms with Crippen LogP contribution in [0.3, 0.4) is 0 Å². The lowest BCUT2D eigenvalue weighted by atomic mass is 10.1. The number of anilines is 1. The quantitative estimate of drug-likeness (QED) is 0.564. The lowest BCUT2D eigenvalue weighted by Gasteiger charge is -2.20. The highest BCUT2D eigenvalue weighted by molar-refractivity contribution is 7.93. The molecular weight excluding hydrogens is 448 g/mol. The molecule has 0 bridgehead atoms. The molecule has 3 aromatic rings. The second kappa shape index (κ2) is 9.22. The van der Waals surface area contributed by atoms with Gasteiger partial charge in [-0.05, 0) is 60.4 Å². The average molecular weight is 471 g/mol. The molecule has 166 valence electrons. The second-order valence-corrected chi connectivity index (χ2v) is 9.69. The molecule has 0 atom stereocenters. The molecule has 32 heavy (non-hydrogen) atoms. The van der Waals surface area contributed by atoms with Crippen molar-refractivity contribution in [1.82, 2.24) is 5.32 Å². The zero-order chi connectivity index (χ0) is 22.7. The molecule has 0 aromatic heterocycles. The summed E-state index contributed by atoms with van der Waals surface area (Å²) in [4.78, 5) is 12.6. The first-order valence-corrected chi connectivity index (χ1v) is 12.0. The van der Waals surface area contributed by atoms with Crippen molar-refractivity contribution in [2.24, 2.45) is 0 Å². The maximum atomic E-state index is 13.3. The molecule has 0 saturated carbocycles. The lowest BCUT2D eigenvalue weighted by Crippen LogP contribution is -2.30. The Morgan fingerprint density at radius 1 is 1.09 bits per heavy atom. The number of sulfonamides is 1. The van der Waals surface area contributed by atoms with Crippen LogP contribution in [0.25, 0.3) is 0 Å². The van der Waals surface area contributed by atoms with Gasteiger partial charge in [0.15, 0.2) is 0 Å². The third kappa shape index (κ3) is 4.45. The number of nitrogens with one attached hydrogen (secondary N) is 1. The van der Waals surface area contributed by atoms with Crippen LogP contribution in [0.15, 0.2) is 71.6 Å². The van der Waals surface area contributed by atoms with E-state index >= 15 is 0 Å². The van der Waals surface area contributed by atoms with Crippen LogP contribution in [0, 0.1) is 0 Å². The van der Waals surface area contributed by atoms with Gasteiger partial charge < -0.3 is 10.1 Å². The molecule has 0 spiro atoms. The Balaban J connectivity index is 1.49. The molecular formula is C24H23ClN2O4S. The number of amides is 1. The van der Waals surface area contributed by atoms with Gasteiger partial charge in [0.2, 0.25) is 0 Å². The summed E-state index contributed by atoms with van der Waals surface area (Å²) in [6, 6.07) is 19.3. The summed E-state index contributed by atoms with van der Waals surface area (Å²) >= 11 is 6.25. The molecule has 1 N–H and O–H groups in total. The largest absolute Gasteiger partial charge is 0.497 e. The van der Waals surface area contributed by atoms with E-state index < -0.39 is 10.0 Å². The number of carbonyl (C=O) groups is 1. The highest BCUT2D eigenvalue weighted by Crippen LogP contribution is 2.35. The fraction of sp³-hybridized carbons (Fsp3) is 0.208. The Labute approximate surface area is 192 Å². The summed E-state index contributed by atoms with van der Waals surface area (Å²) < 4.78 is 33.2. The minimum absolute atomic E-state index is 0.0707. The van der Waals surface area contributed by atoms with Crippen LogP contribution in [-0.2, 0) is 22.9 Å². The standard InChI is InChI=1S/C24H23ClN2O4S/c1-31-20-9-6-17(7-10-20)12-14-26-24(28)19-8-11-21(25)23(16-19)32(29,30)27-15-13-18-4-2-3-5-22(18)27/h2-11,16H,12-15H2,1H3,(H,26,28). The molecule has 8 heteroatoms. The van der Waals surface area contributed by atoms with Crippen LogP contribution < -0.4 is 14.4 Å². The summed E-state index contributed by atoms with van der Waals surface area (Å²) in [6.07, 6.45) is 1.28. The zero-order valence-electron chi connectivity index (χ0n) is 17.5. The topological polar surface area (TPSA) is 75.7 Å². The predicted molar refractivity (Wildman–Crippen MR) is 125 cm³/mol. The van der Waals surface area contributed by atoms with E-state index in [-0.39, 0.29) is 21.4 Å². The number of rotatable bonds is 7. The third-order valence-corrected chi connectivity index (χ3v) is 7.76. The van der Waals surface area contributed by atoms with E-state index in [4.69, 9.17) is 16.3 Å². The molecule has 1 amide bonds. The second-order valence-electron chi connectivity index (χ2n) is 7.46. The van der Waals surface area contributed by atoms with Gasteiger partial charge in [-0.2, -0.15) is 0 Å². The molecule has 0 saturated heterocycles. The molecule has 0 fully saturated rings. The van der Waals surface area contributed by atoms with Gasteiger partial charge in [-0.1, -0.05) is 41.9 Å². The van der Waals surface area contributed by atoms with Gasteiger partial charge in [-0.3, -0.25) is 9.10 Å². The van der Waals surface area contributed by atoms with E-state index in [1.165, 1.54) is 22.5 Å². The van der Waals surface area contributed by atoms with Gasteiger partial charge in [0.1, 0.15) is 10.6 Å². The van der Waals surface area contributed by atoms with E-state index in [1.807, 2.05) is 36.4 Å². The number of hydrogen-bond donors (Lipinski definition) is 1. The number of nitrogens with zero attached hydrogens (tertiary/aromatic N) is 1. The maximum Gasteiger partial charge on any atom is 0.265 e. The van der Waals surface area contributed by atoms with Crippen molar-refractivity contribution in [3.05, 3.63) is 88.4 Å². The maximum absolute atomic E-state index is 13.3. The normalized spacial score (nSPS) is 13.0. The average Bonchev–Trinajstić information content (AvgIpc) is 3.25. The molecule has 0 radical (unpaired) electrons. The highest BCUT2D eigenvalue weighted by Gasteiger charge is 2.32. The van der Waals surface area contributed by atoms with Crippen molar-refractivity contribution in [3.63, 3.8) is 0 Å². The van der Waals surface area contributed by atoms with Gasteiger partial charge in [0, 0.05) is 18.7 Å². The summed E-state index contributed by atoms with van der Waals surface area (Å²) in [6.45, 7) is 0.756. The van der Waals surface area contributed by atoms with Crippen LogP contribution in [0.5, 0.6) is 5.75 Å². The van der Waals surface area contributed by atoms with Crippen molar-refractivity contribution < 1.29 is 17.9 Å². The van der Waals surface area contributed by atoms with Crippen molar-refractivity contribution in [2.75, 3.05) is 24.5 Å². The third-order valence-electron chi connectivity index (χ3n) is 5.46. The first-order chi connectivity index (χ1) is 15.4. The van der Waals surface area contributed by atoms with Crippen molar-refractivity contribution in [1.29, 1.82) is 0 Å². The smallest absolute Gasteiger partial charge is 0.265 e. The molecule has 4 rings (SSSR count). The number of methoxy groups -OCH3 is 1. The summed E-state index contributed by atoms with van der Waals surface area (Å²) in [5.74, 6) is 0.418. The van der Waals surface area contributed by atoms with Crippen LogP contribution in [0.4, 0.5) is 5.69 Å². The van der Waals surface area contributed by atoms with Gasteiger partial charge in [-0.25, -0.2) is 8.42 Å². The summed E-state index contributed by atoms with van der Waals surface area (Å²) in [5, 5.41) is 2.92. The predicted octanol–water partition coefficient (Wildman–Crippen LogP) is 4.07. The van der Waals surface area contributed by atoms with E-state index in [0.29, 0.717) is 31.6 Å². The number of halogens is 1. The number of fused-ring (bicyclic) bond motifs is 1. The van der Waals surface area contributed by atoms with Gasteiger partial charge in [0.25, 0.3) is 15.9 Å². The van der Waals surface area contributed by atoms with E-state index in [0.717, 1.165) is 16.9 Å². The van der Waals surface area contributed by atoms with Gasteiger partial charge in [0.05, 0.1) is 17.8 Å². The number of ether oxygens (including phenoxy) is 1. The minimum atomic E-state index is -3.90. The van der Waals surface area contributed by atoms with Crippen LogP contribution >= 0.6 is 11.6 Å². The molecule has 0 unspecified atom stereocenters. The van der Waals surface area contributed by atoms with Crippen LogP contribution in [-0.4, -0.2) is 34.5 Å².